The Morgan fingerprint density at radius 1 is 1.00 bits per heavy atom. The third-order valence-electron chi connectivity index (χ3n) is 5.58. The standard InChI is InChI=1S/C25H24N2O7S/c1-16(28)17-6-8-21(9-7-17)35(30,31)27(15-20-5-4-10-34-20)14-19-11-18-12-23(32-2)24(33-3)13-22(18)26-25(19)29/h4-13H,14-15H2,1-3H3,(H,26,29). The van der Waals surface area contributed by atoms with E-state index in [2.05, 4.69) is 4.98 Å². The lowest BCUT2D eigenvalue weighted by Gasteiger charge is -2.21. The number of fused-ring (bicyclic) bond motifs is 1. The van der Waals surface area contributed by atoms with Crippen LogP contribution in [0, 0.1) is 0 Å². The molecule has 35 heavy (non-hydrogen) atoms. The fraction of sp³-hybridized carbons (Fsp3) is 0.200. The van der Waals surface area contributed by atoms with E-state index < -0.39 is 15.6 Å². The molecule has 0 spiro atoms. The summed E-state index contributed by atoms with van der Waals surface area (Å²) >= 11 is 0. The van der Waals surface area contributed by atoms with Crippen molar-refractivity contribution >= 4 is 26.7 Å². The van der Waals surface area contributed by atoms with Crippen LogP contribution in [0.25, 0.3) is 10.9 Å². The van der Waals surface area contributed by atoms with E-state index in [4.69, 9.17) is 13.9 Å². The first-order valence-corrected chi connectivity index (χ1v) is 12.1. The molecule has 2 heterocycles. The average Bonchev–Trinajstić information content (AvgIpc) is 3.36. The van der Waals surface area contributed by atoms with Crippen LogP contribution in [0.5, 0.6) is 11.5 Å². The van der Waals surface area contributed by atoms with Crippen LogP contribution in [0.4, 0.5) is 0 Å². The average molecular weight is 497 g/mol. The van der Waals surface area contributed by atoms with Gasteiger partial charge in [0.05, 0.1) is 37.4 Å². The van der Waals surface area contributed by atoms with Gasteiger partial charge in [0.15, 0.2) is 17.3 Å². The molecule has 0 radical (unpaired) electrons. The number of benzene rings is 2. The second-order valence-electron chi connectivity index (χ2n) is 7.85. The van der Waals surface area contributed by atoms with Crippen LogP contribution in [-0.4, -0.2) is 37.7 Å². The van der Waals surface area contributed by atoms with Gasteiger partial charge in [-0.05, 0) is 43.3 Å². The van der Waals surface area contributed by atoms with Crippen LogP contribution in [0.3, 0.4) is 0 Å². The Balaban J connectivity index is 1.76. The summed E-state index contributed by atoms with van der Waals surface area (Å²) < 4.78 is 44.3. The number of methoxy groups -OCH3 is 2. The first-order chi connectivity index (χ1) is 16.7. The Labute approximate surface area is 202 Å². The maximum atomic E-state index is 13.6. The Morgan fingerprint density at radius 3 is 2.29 bits per heavy atom. The summed E-state index contributed by atoms with van der Waals surface area (Å²) in [4.78, 5) is 27.3. The van der Waals surface area contributed by atoms with Gasteiger partial charge < -0.3 is 18.9 Å². The number of Topliss-reactive ketones (excluding diaryl/α,β-unsaturated/α-hetero) is 1. The number of carbonyl (C=O) groups is 1. The van der Waals surface area contributed by atoms with Crippen LogP contribution in [0.15, 0.2) is 75.0 Å². The molecule has 0 bridgehead atoms. The molecule has 0 aliphatic rings. The van der Waals surface area contributed by atoms with Crippen molar-refractivity contribution in [1.82, 2.24) is 9.29 Å². The lowest BCUT2D eigenvalue weighted by atomic mass is 10.1. The SMILES string of the molecule is COc1cc2cc(CN(Cc3ccco3)S(=O)(=O)c3ccc(C(C)=O)cc3)c(=O)[nH]c2cc1OC. The molecule has 0 saturated heterocycles. The van der Waals surface area contributed by atoms with Gasteiger partial charge in [-0.15, -0.1) is 0 Å². The molecule has 4 aromatic rings. The molecule has 0 atom stereocenters. The number of hydrogen-bond acceptors (Lipinski definition) is 7. The Kier molecular flexibility index (Phi) is 6.77. The van der Waals surface area contributed by atoms with E-state index in [1.807, 2.05) is 0 Å². The van der Waals surface area contributed by atoms with Crippen molar-refractivity contribution in [3.05, 3.63) is 88.1 Å². The molecule has 2 aromatic heterocycles. The van der Waals surface area contributed by atoms with Gasteiger partial charge >= 0.3 is 0 Å². The van der Waals surface area contributed by atoms with Crippen LogP contribution in [0.2, 0.25) is 0 Å². The highest BCUT2D eigenvalue weighted by atomic mass is 32.2. The van der Waals surface area contributed by atoms with E-state index in [1.54, 1.807) is 30.3 Å². The van der Waals surface area contributed by atoms with Crippen molar-refractivity contribution in [1.29, 1.82) is 0 Å². The highest BCUT2D eigenvalue weighted by Gasteiger charge is 2.27. The van der Waals surface area contributed by atoms with Crippen molar-refractivity contribution < 1.29 is 27.1 Å². The number of H-pyrrole nitrogens is 1. The summed E-state index contributed by atoms with van der Waals surface area (Å²) in [6.45, 7) is 1.10. The van der Waals surface area contributed by atoms with E-state index >= 15 is 0 Å². The minimum absolute atomic E-state index is 0.00215. The number of ketones is 1. The molecule has 2 aromatic carbocycles. The predicted octanol–water partition coefficient (Wildman–Crippen LogP) is 3.73. The first-order valence-electron chi connectivity index (χ1n) is 10.6. The molecule has 0 aliphatic carbocycles. The van der Waals surface area contributed by atoms with Crippen molar-refractivity contribution in [2.75, 3.05) is 14.2 Å². The topological polar surface area (TPSA) is 119 Å². The number of carbonyl (C=O) groups excluding carboxylic acids is 1. The summed E-state index contributed by atoms with van der Waals surface area (Å²) in [5.74, 6) is 1.18. The summed E-state index contributed by atoms with van der Waals surface area (Å²) in [5, 5.41) is 0.651. The smallest absolute Gasteiger partial charge is 0.252 e. The molecular weight excluding hydrogens is 472 g/mol. The molecule has 0 amide bonds. The highest BCUT2D eigenvalue weighted by Crippen LogP contribution is 2.31. The Bertz CT molecular complexity index is 1520. The lowest BCUT2D eigenvalue weighted by molar-refractivity contribution is 0.101. The largest absolute Gasteiger partial charge is 0.493 e. The molecule has 4 rings (SSSR count). The van der Waals surface area contributed by atoms with Gasteiger partial charge in [-0.25, -0.2) is 8.42 Å². The fourth-order valence-electron chi connectivity index (χ4n) is 3.70. The molecule has 1 N–H and O–H groups in total. The molecule has 0 aliphatic heterocycles. The number of hydrogen-bond donors (Lipinski definition) is 1. The summed E-state index contributed by atoms with van der Waals surface area (Å²) in [6.07, 6.45) is 1.45. The van der Waals surface area contributed by atoms with Crippen LogP contribution in [-0.2, 0) is 23.1 Å². The number of pyridine rings is 1. The number of nitrogens with one attached hydrogen (secondary N) is 1. The van der Waals surface area contributed by atoms with Gasteiger partial charge in [0.2, 0.25) is 10.0 Å². The first kappa shape index (κ1) is 24.2. The zero-order valence-electron chi connectivity index (χ0n) is 19.4. The quantitative estimate of drug-likeness (QED) is 0.351. The molecule has 9 nitrogen and oxygen atoms in total. The maximum Gasteiger partial charge on any atom is 0.252 e. The van der Waals surface area contributed by atoms with E-state index in [-0.39, 0.29) is 29.3 Å². The second-order valence-corrected chi connectivity index (χ2v) is 9.79. The number of sulfonamides is 1. The lowest BCUT2D eigenvalue weighted by Crippen LogP contribution is -2.32. The zero-order valence-corrected chi connectivity index (χ0v) is 20.2. The fourth-order valence-corrected chi connectivity index (χ4v) is 5.08. The number of rotatable bonds is 9. The Morgan fingerprint density at radius 2 is 1.69 bits per heavy atom. The molecule has 0 unspecified atom stereocenters. The van der Waals surface area contributed by atoms with E-state index in [1.165, 1.54) is 51.7 Å². The second kappa shape index (κ2) is 9.77. The van der Waals surface area contributed by atoms with Crippen molar-refractivity contribution in [2.45, 2.75) is 24.9 Å². The van der Waals surface area contributed by atoms with Gasteiger partial charge in [-0.1, -0.05) is 12.1 Å². The number of ether oxygens (including phenoxy) is 2. The minimum Gasteiger partial charge on any atom is -0.493 e. The number of aromatic nitrogens is 1. The predicted molar refractivity (Wildman–Crippen MR) is 129 cm³/mol. The number of nitrogens with zero attached hydrogens (tertiary/aromatic N) is 1. The number of aromatic amines is 1. The molecule has 0 fully saturated rings. The van der Waals surface area contributed by atoms with Crippen LogP contribution in [0.1, 0.15) is 28.6 Å². The minimum atomic E-state index is -4.05. The molecule has 10 heteroatoms. The zero-order chi connectivity index (χ0) is 25.2. The van der Waals surface area contributed by atoms with Crippen molar-refractivity contribution in [2.24, 2.45) is 0 Å². The number of furan rings is 1. The van der Waals surface area contributed by atoms with Crippen LogP contribution >= 0.6 is 0 Å². The molecule has 0 saturated carbocycles. The highest BCUT2D eigenvalue weighted by molar-refractivity contribution is 7.89. The van der Waals surface area contributed by atoms with Gasteiger partial charge in [-0.2, -0.15) is 4.31 Å². The summed E-state index contributed by atoms with van der Waals surface area (Å²) in [6, 6.07) is 14.0. The van der Waals surface area contributed by atoms with Crippen molar-refractivity contribution in [3.63, 3.8) is 0 Å². The van der Waals surface area contributed by atoms with Crippen molar-refractivity contribution in [3.8, 4) is 11.5 Å². The van der Waals surface area contributed by atoms with Gasteiger partial charge in [0.25, 0.3) is 5.56 Å². The van der Waals surface area contributed by atoms with E-state index in [9.17, 15) is 18.0 Å². The third-order valence-corrected chi connectivity index (χ3v) is 7.39. The van der Waals surface area contributed by atoms with Gasteiger partial charge in [0.1, 0.15) is 5.76 Å². The van der Waals surface area contributed by atoms with Gasteiger partial charge in [-0.3, -0.25) is 9.59 Å². The van der Waals surface area contributed by atoms with E-state index in [0.717, 1.165) is 4.31 Å². The molecular formula is C25H24N2O7S. The summed E-state index contributed by atoms with van der Waals surface area (Å²) in [5.41, 5.74) is 0.727. The Hall–Kier alpha value is -3.89. The maximum absolute atomic E-state index is 13.6. The normalized spacial score (nSPS) is 11.7. The van der Waals surface area contributed by atoms with E-state index in [0.29, 0.717) is 33.7 Å². The monoisotopic (exact) mass is 496 g/mol. The summed E-state index contributed by atoms with van der Waals surface area (Å²) in [7, 11) is -1.04. The van der Waals surface area contributed by atoms with Gasteiger partial charge in [0, 0.05) is 29.1 Å². The van der Waals surface area contributed by atoms with Crippen LogP contribution < -0.4 is 15.0 Å². The third kappa shape index (κ3) is 4.98. The molecule has 182 valence electrons.